The number of nitrogens with one attached hydrogen (secondary N) is 2. The molecule has 29 heavy (non-hydrogen) atoms. The van der Waals surface area contributed by atoms with E-state index in [1.54, 1.807) is 12.1 Å². The van der Waals surface area contributed by atoms with Crippen molar-refractivity contribution >= 4 is 78.8 Å². The minimum atomic E-state index is -0.522. The van der Waals surface area contributed by atoms with E-state index < -0.39 is 10.8 Å². The summed E-state index contributed by atoms with van der Waals surface area (Å²) in [6, 6.07) is 9.99. The monoisotopic (exact) mass is 590 g/mol. The number of hydrogen-bond donors (Lipinski definition) is 2. The molecule has 2 aromatic carbocycles. The molecule has 0 saturated carbocycles. The van der Waals surface area contributed by atoms with Crippen molar-refractivity contribution in [2.24, 2.45) is 0 Å². The Kier molecular flexibility index (Phi) is 7.38. The topological polar surface area (TPSA) is 96.7 Å². The summed E-state index contributed by atoms with van der Waals surface area (Å²) in [4.78, 5) is 25.5. The van der Waals surface area contributed by atoms with Gasteiger partial charge >= 0.3 is 0 Å². The molecule has 1 amide bonds. The third kappa shape index (κ3) is 5.62. The highest BCUT2D eigenvalue weighted by Crippen LogP contribution is 2.30. The summed E-state index contributed by atoms with van der Waals surface area (Å²) >= 11 is 10.7. The first-order valence-electron chi connectivity index (χ1n) is 8.53. The maximum Gasteiger partial charge on any atom is 0.293 e. The molecule has 1 heterocycles. The van der Waals surface area contributed by atoms with Crippen LogP contribution in [-0.2, 0) is 4.74 Å². The van der Waals surface area contributed by atoms with Crippen LogP contribution in [0.25, 0.3) is 0 Å². The molecule has 0 spiro atoms. The average molecular weight is 591 g/mol. The van der Waals surface area contributed by atoms with Gasteiger partial charge in [0.2, 0.25) is 0 Å². The van der Waals surface area contributed by atoms with Crippen LogP contribution < -0.4 is 15.5 Å². The molecule has 1 aliphatic rings. The van der Waals surface area contributed by atoms with Crippen molar-refractivity contribution < 1.29 is 14.5 Å². The van der Waals surface area contributed by atoms with Gasteiger partial charge in [-0.05, 0) is 65.1 Å². The zero-order valence-electron chi connectivity index (χ0n) is 15.0. The van der Waals surface area contributed by atoms with Crippen molar-refractivity contribution in [2.45, 2.75) is 0 Å². The van der Waals surface area contributed by atoms with Crippen molar-refractivity contribution in [3.05, 3.63) is 60.1 Å². The maximum absolute atomic E-state index is 12.5. The quantitative estimate of drug-likeness (QED) is 0.241. The van der Waals surface area contributed by atoms with Crippen LogP contribution in [0, 0.1) is 13.7 Å². The molecule has 2 aromatic rings. The van der Waals surface area contributed by atoms with E-state index in [1.165, 1.54) is 6.07 Å². The van der Waals surface area contributed by atoms with Gasteiger partial charge in [-0.25, -0.2) is 0 Å². The average Bonchev–Trinajstić information content (AvgIpc) is 2.70. The number of amides is 1. The number of anilines is 2. The second-order valence-corrected chi connectivity index (χ2v) is 8.58. The molecule has 1 aliphatic heterocycles. The van der Waals surface area contributed by atoms with Crippen molar-refractivity contribution in [2.75, 3.05) is 36.5 Å². The van der Waals surface area contributed by atoms with E-state index in [-0.39, 0.29) is 16.4 Å². The highest BCUT2D eigenvalue weighted by Gasteiger charge is 2.23. The zero-order valence-corrected chi connectivity index (χ0v) is 19.5. The number of halogens is 2. The van der Waals surface area contributed by atoms with Gasteiger partial charge in [-0.15, -0.1) is 0 Å². The van der Waals surface area contributed by atoms with Crippen LogP contribution in [0.3, 0.4) is 0 Å². The van der Waals surface area contributed by atoms with Crippen LogP contribution in [0.2, 0.25) is 0 Å². The Bertz CT molecular complexity index is 969. The third-order valence-electron chi connectivity index (χ3n) is 4.19. The number of thiocarbonyl (C=S) groups is 1. The highest BCUT2D eigenvalue weighted by molar-refractivity contribution is 14.1. The first-order chi connectivity index (χ1) is 13.8. The lowest BCUT2D eigenvalue weighted by Crippen LogP contribution is -2.37. The lowest BCUT2D eigenvalue weighted by molar-refractivity contribution is -0.384. The van der Waals surface area contributed by atoms with Gasteiger partial charge in [0.25, 0.3) is 11.6 Å². The van der Waals surface area contributed by atoms with Crippen LogP contribution in [0.15, 0.2) is 40.9 Å². The second-order valence-electron chi connectivity index (χ2n) is 6.09. The Labute approximate surface area is 194 Å². The Balaban J connectivity index is 1.73. The molecule has 0 aliphatic carbocycles. The van der Waals surface area contributed by atoms with Crippen LogP contribution in [-0.4, -0.2) is 42.2 Å². The molecule has 11 heteroatoms. The van der Waals surface area contributed by atoms with Gasteiger partial charge < -0.3 is 15.0 Å². The van der Waals surface area contributed by atoms with Crippen molar-refractivity contribution in [3.8, 4) is 0 Å². The zero-order chi connectivity index (χ0) is 21.0. The van der Waals surface area contributed by atoms with E-state index in [9.17, 15) is 14.9 Å². The lowest BCUT2D eigenvalue weighted by atomic mass is 10.1. The number of hydrogen-bond acceptors (Lipinski definition) is 6. The summed E-state index contributed by atoms with van der Waals surface area (Å²) in [7, 11) is 0. The Morgan fingerprint density at radius 1 is 1.24 bits per heavy atom. The minimum absolute atomic E-state index is 0.107. The van der Waals surface area contributed by atoms with Crippen LogP contribution in [0.1, 0.15) is 10.4 Å². The fraction of sp³-hybridized carbons (Fsp3) is 0.222. The normalized spacial score (nSPS) is 13.7. The largest absolute Gasteiger partial charge is 0.378 e. The van der Waals surface area contributed by atoms with Crippen LogP contribution in [0.5, 0.6) is 0 Å². The molecule has 1 fully saturated rings. The van der Waals surface area contributed by atoms with Gasteiger partial charge in [-0.2, -0.15) is 0 Å². The summed E-state index contributed by atoms with van der Waals surface area (Å²) in [5, 5.41) is 17.2. The number of nitro benzene ring substituents is 1. The van der Waals surface area contributed by atoms with Gasteiger partial charge in [0.1, 0.15) is 5.69 Å². The van der Waals surface area contributed by atoms with Crippen molar-refractivity contribution in [1.29, 1.82) is 0 Å². The third-order valence-corrected chi connectivity index (χ3v) is 5.78. The van der Waals surface area contributed by atoms with E-state index in [0.29, 0.717) is 32.0 Å². The van der Waals surface area contributed by atoms with E-state index in [4.69, 9.17) is 17.0 Å². The maximum atomic E-state index is 12.5. The molecular weight excluding hydrogens is 575 g/mol. The number of carbonyl (C=O) groups excluding carboxylic acids is 1. The molecule has 0 aromatic heterocycles. The number of benzene rings is 2. The Morgan fingerprint density at radius 3 is 2.62 bits per heavy atom. The molecule has 0 bridgehead atoms. The van der Waals surface area contributed by atoms with Crippen molar-refractivity contribution in [1.82, 2.24) is 5.32 Å². The fourth-order valence-electron chi connectivity index (χ4n) is 2.80. The summed E-state index contributed by atoms with van der Waals surface area (Å²) in [6.07, 6.45) is 0. The fourth-order valence-corrected chi connectivity index (χ4v) is 4.44. The second kappa shape index (κ2) is 9.78. The van der Waals surface area contributed by atoms with E-state index in [0.717, 1.165) is 13.7 Å². The van der Waals surface area contributed by atoms with Gasteiger partial charge in [-0.1, -0.05) is 15.9 Å². The minimum Gasteiger partial charge on any atom is -0.378 e. The van der Waals surface area contributed by atoms with Gasteiger partial charge in [0.05, 0.1) is 23.8 Å². The molecule has 8 nitrogen and oxygen atoms in total. The van der Waals surface area contributed by atoms with E-state index in [1.807, 2.05) is 23.1 Å². The summed E-state index contributed by atoms with van der Waals surface area (Å²) in [5.41, 5.74) is 1.25. The van der Waals surface area contributed by atoms with Crippen LogP contribution in [0.4, 0.5) is 17.1 Å². The number of morpholine rings is 1. The number of carbonyl (C=O) groups is 1. The Hall–Kier alpha value is -1.83. The van der Waals surface area contributed by atoms with E-state index >= 15 is 0 Å². The SMILES string of the molecule is O=C(NC(=S)Nc1ccc(Br)cc1I)c1ccc(N2CCOCC2)c([N+](=O)[O-])c1. The summed E-state index contributed by atoms with van der Waals surface area (Å²) in [5.74, 6) is -0.522. The van der Waals surface area contributed by atoms with E-state index in [2.05, 4.69) is 49.2 Å². The van der Waals surface area contributed by atoms with Gasteiger partial charge in [0, 0.05) is 32.8 Å². The number of ether oxygens (including phenoxy) is 1. The molecule has 0 radical (unpaired) electrons. The molecule has 0 atom stereocenters. The van der Waals surface area contributed by atoms with Gasteiger partial charge in [-0.3, -0.25) is 20.2 Å². The molecule has 1 saturated heterocycles. The molecule has 152 valence electrons. The highest BCUT2D eigenvalue weighted by atomic mass is 127. The standard InChI is InChI=1S/C18H16BrIN4O4S/c19-12-2-3-14(13(20)10-12)21-18(29)22-17(25)11-1-4-15(16(9-11)24(26)27)23-5-7-28-8-6-23/h1-4,9-10H,5-8H2,(H2,21,22,25,29). The summed E-state index contributed by atoms with van der Waals surface area (Å²) < 4.78 is 7.13. The predicted octanol–water partition coefficient (Wildman–Crippen LogP) is 3.93. The number of rotatable bonds is 4. The predicted molar refractivity (Wildman–Crippen MR) is 127 cm³/mol. The molecule has 2 N–H and O–H groups in total. The van der Waals surface area contributed by atoms with Crippen molar-refractivity contribution in [3.63, 3.8) is 0 Å². The lowest BCUT2D eigenvalue weighted by Gasteiger charge is -2.28. The van der Waals surface area contributed by atoms with Gasteiger partial charge in [0.15, 0.2) is 5.11 Å². The summed E-state index contributed by atoms with van der Waals surface area (Å²) in [6.45, 7) is 2.14. The number of nitro groups is 1. The first-order valence-corrected chi connectivity index (χ1v) is 10.8. The first kappa shape index (κ1) is 21.9. The van der Waals surface area contributed by atoms with Crippen LogP contribution >= 0.6 is 50.7 Å². The smallest absolute Gasteiger partial charge is 0.293 e. The Morgan fingerprint density at radius 2 is 1.97 bits per heavy atom. The molecule has 3 rings (SSSR count). The number of nitrogens with zero attached hydrogens (tertiary/aromatic N) is 2. The molecule has 0 unspecified atom stereocenters. The molecular formula is C18H16BrIN4O4S.